The van der Waals surface area contributed by atoms with Gasteiger partial charge in [-0.05, 0) is 38.5 Å². The van der Waals surface area contributed by atoms with E-state index in [1.165, 1.54) is 18.2 Å². The van der Waals surface area contributed by atoms with E-state index in [1.54, 1.807) is 0 Å². The van der Waals surface area contributed by atoms with Gasteiger partial charge in [0.2, 0.25) is 5.91 Å². The van der Waals surface area contributed by atoms with Gasteiger partial charge in [0.1, 0.15) is 5.82 Å². The third-order valence-electron chi connectivity index (χ3n) is 4.71. The maximum Gasteiger partial charge on any atom is 0.233 e. The number of carbonyl (C=O) groups is 1. The van der Waals surface area contributed by atoms with E-state index in [-0.39, 0.29) is 12.0 Å². The molecule has 1 amide bonds. The molecule has 0 saturated carbocycles. The van der Waals surface area contributed by atoms with Crippen molar-refractivity contribution in [2.45, 2.75) is 69.7 Å². The van der Waals surface area contributed by atoms with E-state index in [0.29, 0.717) is 5.75 Å². The molecule has 3 rings (SSSR count). The number of hydrogen-bond donors (Lipinski definition) is 0. The van der Waals surface area contributed by atoms with E-state index in [2.05, 4.69) is 21.7 Å². The summed E-state index contributed by atoms with van der Waals surface area (Å²) in [5, 5.41) is 9.55. The first-order chi connectivity index (χ1) is 11.8. The van der Waals surface area contributed by atoms with Crippen molar-refractivity contribution in [3.63, 3.8) is 0 Å². The van der Waals surface area contributed by atoms with Crippen molar-refractivity contribution < 1.29 is 9.53 Å². The number of ether oxygens (including phenoxy) is 1. The van der Waals surface area contributed by atoms with Crippen molar-refractivity contribution in [3.8, 4) is 0 Å². The summed E-state index contributed by atoms with van der Waals surface area (Å²) in [4.78, 5) is 14.4. The molecule has 2 aliphatic heterocycles. The summed E-state index contributed by atoms with van der Waals surface area (Å²) in [6, 6.07) is 0. The van der Waals surface area contributed by atoms with Crippen LogP contribution in [0.5, 0.6) is 0 Å². The number of thioether (sulfide) groups is 1. The zero-order valence-electron chi connectivity index (χ0n) is 14.6. The Morgan fingerprint density at radius 3 is 2.79 bits per heavy atom. The molecule has 0 N–H and O–H groups in total. The summed E-state index contributed by atoms with van der Waals surface area (Å²) in [6.45, 7) is 5.62. The van der Waals surface area contributed by atoms with Crippen LogP contribution in [-0.4, -0.2) is 57.1 Å². The minimum atomic E-state index is 0.225. The van der Waals surface area contributed by atoms with Gasteiger partial charge in [-0.25, -0.2) is 0 Å². The Labute approximate surface area is 148 Å². The molecule has 0 aliphatic carbocycles. The fourth-order valence-corrected chi connectivity index (χ4v) is 4.24. The van der Waals surface area contributed by atoms with Crippen LogP contribution >= 0.6 is 11.8 Å². The van der Waals surface area contributed by atoms with Crippen LogP contribution in [0.25, 0.3) is 0 Å². The van der Waals surface area contributed by atoms with Gasteiger partial charge in [0, 0.05) is 26.1 Å². The second-order valence-corrected chi connectivity index (χ2v) is 7.57. The Hall–Kier alpha value is -1.08. The standard InChI is InChI=1S/C17H28N4O2S/c1-2-7-15-18-19-17(21(15)12-14-8-6-11-23-14)24-13-16(22)20-9-4-3-5-10-20/h14H,2-13H2,1H3/t14-/m0/s1. The van der Waals surface area contributed by atoms with Crippen LogP contribution in [-0.2, 0) is 22.5 Å². The Morgan fingerprint density at radius 2 is 2.08 bits per heavy atom. The van der Waals surface area contributed by atoms with Gasteiger partial charge < -0.3 is 14.2 Å². The van der Waals surface area contributed by atoms with Gasteiger partial charge in [0.25, 0.3) is 0 Å². The molecule has 1 atom stereocenters. The molecule has 0 radical (unpaired) electrons. The number of likely N-dealkylation sites (tertiary alicyclic amines) is 1. The monoisotopic (exact) mass is 352 g/mol. The topological polar surface area (TPSA) is 60.2 Å². The first-order valence-corrected chi connectivity index (χ1v) is 10.2. The average molecular weight is 353 g/mol. The number of carbonyl (C=O) groups excluding carboxylic acids is 1. The highest BCUT2D eigenvalue weighted by molar-refractivity contribution is 7.99. The van der Waals surface area contributed by atoms with E-state index in [4.69, 9.17) is 4.74 Å². The smallest absolute Gasteiger partial charge is 0.233 e. The molecule has 0 bridgehead atoms. The van der Waals surface area contributed by atoms with Gasteiger partial charge in [-0.15, -0.1) is 10.2 Å². The fraction of sp³-hybridized carbons (Fsp3) is 0.824. The van der Waals surface area contributed by atoms with E-state index in [0.717, 1.165) is 75.7 Å². The predicted molar refractivity (Wildman–Crippen MR) is 94.1 cm³/mol. The second-order valence-electron chi connectivity index (χ2n) is 6.62. The predicted octanol–water partition coefficient (Wildman–Crippen LogP) is 2.51. The molecule has 6 nitrogen and oxygen atoms in total. The maximum atomic E-state index is 12.4. The van der Waals surface area contributed by atoms with E-state index in [1.807, 2.05) is 4.90 Å². The molecule has 24 heavy (non-hydrogen) atoms. The summed E-state index contributed by atoms with van der Waals surface area (Å²) in [5.41, 5.74) is 0. The van der Waals surface area contributed by atoms with E-state index in [9.17, 15) is 4.79 Å². The third-order valence-corrected chi connectivity index (χ3v) is 5.66. The largest absolute Gasteiger partial charge is 0.376 e. The van der Waals surface area contributed by atoms with Crippen LogP contribution in [0.3, 0.4) is 0 Å². The maximum absolute atomic E-state index is 12.4. The van der Waals surface area contributed by atoms with Gasteiger partial charge in [-0.1, -0.05) is 18.7 Å². The van der Waals surface area contributed by atoms with Gasteiger partial charge in [0.05, 0.1) is 18.4 Å². The first-order valence-electron chi connectivity index (χ1n) is 9.22. The second kappa shape index (κ2) is 8.85. The number of aromatic nitrogens is 3. The van der Waals surface area contributed by atoms with Crippen LogP contribution in [0, 0.1) is 0 Å². The molecule has 134 valence electrons. The van der Waals surface area contributed by atoms with Crippen LogP contribution in [0.2, 0.25) is 0 Å². The summed E-state index contributed by atoms with van der Waals surface area (Å²) >= 11 is 1.52. The number of nitrogens with zero attached hydrogens (tertiary/aromatic N) is 4. The molecule has 1 aromatic rings. The van der Waals surface area contributed by atoms with Crippen LogP contribution in [0.4, 0.5) is 0 Å². The van der Waals surface area contributed by atoms with Gasteiger partial charge in [-0.2, -0.15) is 0 Å². The minimum Gasteiger partial charge on any atom is -0.376 e. The molecule has 0 aromatic carbocycles. The number of rotatable bonds is 7. The lowest BCUT2D eigenvalue weighted by molar-refractivity contribution is -0.129. The molecule has 2 aliphatic rings. The molecule has 2 saturated heterocycles. The molecule has 2 fully saturated rings. The summed E-state index contributed by atoms with van der Waals surface area (Å²) in [6.07, 6.45) is 7.95. The van der Waals surface area contributed by atoms with Gasteiger partial charge in [-0.3, -0.25) is 4.79 Å². The molecule has 3 heterocycles. The van der Waals surface area contributed by atoms with E-state index >= 15 is 0 Å². The Kier molecular flexibility index (Phi) is 6.54. The number of aryl methyl sites for hydroxylation is 1. The van der Waals surface area contributed by atoms with Crippen molar-refractivity contribution in [3.05, 3.63) is 5.82 Å². The number of hydrogen-bond acceptors (Lipinski definition) is 5. The summed E-state index contributed by atoms with van der Waals surface area (Å²) in [7, 11) is 0. The van der Waals surface area contributed by atoms with Crippen molar-refractivity contribution in [2.75, 3.05) is 25.4 Å². The lowest BCUT2D eigenvalue weighted by atomic mass is 10.1. The Balaban J connectivity index is 1.61. The van der Waals surface area contributed by atoms with Gasteiger partial charge >= 0.3 is 0 Å². The quantitative estimate of drug-likeness (QED) is 0.706. The highest BCUT2D eigenvalue weighted by Gasteiger charge is 2.22. The van der Waals surface area contributed by atoms with Crippen LogP contribution < -0.4 is 0 Å². The number of piperidine rings is 1. The third kappa shape index (κ3) is 4.51. The minimum absolute atomic E-state index is 0.225. The van der Waals surface area contributed by atoms with Gasteiger partial charge in [0.15, 0.2) is 5.16 Å². The Bertz CT molecular complexity index is 537. The lowest BCUT2D eigenvalue weighted by Gasteiger charge is -2.26. The molecule has 0 unspecified atom stereocenters. The van der Waals surface area contributed by atoms with Crippen molar-refractivity contribution in [1.82, 2.24) is 19.7 Å². The zero-order chi connectivity index (χ0) is 16.8. The van der Waals surface area contributed by atoms with Crippen LogP contribution in [0.1, 0.15) is 51.3 Å². The first kappa shape index (κ1) is 17.7. The van der Waals surface area contributed by atoms with Crippen molar-refractivity contribution in [2.24, 2.45) is 0 Å². The summed E-state index contributed by atoms with van der Waals surface area (Å²) < 4.78 is 7.95. The lowest BCUT2D eigenvalue weighted by Crippen LogP contribution is -2.36. The average Bonchev–Trinajstić information content (AvgIpc) is 3.25. The highest BCUT2D eigenvalue weighted by atomic mass is 32.2. The Morgan fingerprint density at radius 1 is 1.25 bits per heavy atom. The molecular formula is C17H28N4O2S. The zero-order valence-corrected chi connectivity index (χ0v) is 15.4. The van der Waals surface area contributed by atoms with Crippen molar-refractivity contribution in [1.29, 1.82) is 0 Å². The summed E-state index contributed by atoms with van der Waals surface area (Å²) in [5.74, 6) is 1.69. The van der Waals surface area contributed by atoms with E-state index < -0.39 is 0 Å². The molecule has 0 spiro atoms. The molecular weight excluding hydrogens is 324 g/mol. The normalized spacial score (nSPS) is 21.4. The number of amides is 1. The highest BCUT2D eigenvalue weighted by Crippen LogP contribution is 2.22. The fourth-order valence-electron chi connectivity index (χ4n) is 3.37. The van der Waals surface area contributed by atoms with Crippen LogP contribution in [0.15, 0.2) is 5.16 Å². The molecule has 1 aromatic heterocycles. The van der Waals surface area contributed by atoms with Crippen molar-refractivity contribution >= 4 is 17.7 Å². The molecule has 7 heteroatoms. The SMILES string of the molecule is CCCc1nnc(SCC(=O)N2CCCCC2)n1C[C@@H]1CCCO1.